The van der Waals surface area contributed by atoms with E-state index in [1.807, 2.05) is 6.07 Å². The molecular weight excluding hydrogens is 271 g/mol. The molecule has 0 saturated heterocycles. The van der Waals surface area contributed by atoms with Crippen molar-refractivity contribution >= 4 is 29.1 Å². The van der Waals surface area contributed by atoms with Crippen molar-refractivity contribution in [2.75, 3.05) is 13.1 Å². The van der Waals surface area contributed by atoms with Gasteiger partial charge in [-0.2, -0.15) is 0 Å². The minimum Gasteiger partial charge on any atom is -0.355 e. The maximum absolute atomic E-state index is 11.4. The average molecular weight is 289 g/mol. The molecule has 1 amide bonds. The highest BCUT2D eigenvalue weighted by Gasteiger charge is 2.04. The number of halogens is 2. The average Bonchev–Trinajstić information content (AvgIpc) is 2.29. The van der Waals surface area contributed by atoms with E-state index >= 15 is 0 Å². The highest BCUT2D eigenvalue weighted by atomic mass is 35.5. The lowest BCUT2D eigenvalue weighted by molar-refractivity contribution is -0.120. The van der Waals surface area contributed by atoms with Crippen molar-refractivity contribution in [3.63, 3.8) is 0 Å². The van der Waals surface area contributed by atoms with Crippen molar-refractivity contribution in [1.82, 2.24) is 10.6 Å². The normalized spacial score (nSPS) is 10.7. The molecule has 0 saturated carbocycles. The van der Waals surface area contributed by atoms with Crippen LogP contribution in [0.1, 0.15) is 19.4 Å². The number of amides is 1. The van der Waals surface area contributed by atoms with Crippen LogP contribution in [0.4, 0.5) is 0 Å². The number of carbonyl (C=O) groups excluding carboxylic acids is 1. The Morgan fingerprint density at radius 1 is 1.33 bits per heavy atom. The monoisotopic (exact) mass is 288 g/mol. The molecule has 0 aromatic heterocycles. The second-order valence-corrected chi connectivity index (χ2v) is 5.38. The molecule has 0 aliphatic carbocycles. The summed E-state index contributed by atoms with van der Waals surface area (Å²) in [6.07, 6.45) is 0. The maximum Gasteiger partial charge on any atom is 0.233 e. The quantitative estimate of drug-likeness (QED) is 0.845. The maximum atomic E-state index is 11.4. The Morgan fingerprint density at radius 2 is 2.06 bits per heavy atom. The minimum absolute atomic E-state index is 0.00575. The van der Waals surface area contributed by atoms with Crippen LogP contribution in [0.2, 0.25) is 10.0 Å². The van der Waals surface area contributed by atoms with Crippen LogP contribution >= 0.6 is 23.2 Å². The van der Waals surface area contributed by atoms with Crippen molar-refractivity contribution in [1.29, 1.82) is 0 Å². The molecule has 0 heterocycles. The number of hydrogen-bond donors (Lipinski definition) is 2. The number of rotatable bonds is 6. The Kier molecular flexibility index (Phi) is 6.47. The number of carbonyl (C=O) groups is 1. The first-order valence-electron chi connectivity index (χ1n) is 5.90. The lowest BCUT2D eigenvalue weighted by atomic mass is 10.2. The van der Waals surface area contributed by atoms with E-state index in [2.05, 4.69) is 24.5 Å². The molecule has 0 fully saturated rings. The molecule has 2 N–H and O–H groups in total. The smallest absolute Gasteiger partial charge is 0.233 e. The highest BCUT2D eigenvalue weighted by molar-refractivity contribution is 6.35. The van der Waals surface area contributed by atoms with Crippen LogP contribution in [0.3, 0.4) is 0 Å². The lowest BCUT2D eigenvalue weighted by Gasteiger charge is -2.09. The van der Waals surface area contributed by atoms with E-state index in [9.17, 15) is 4.79 Å². The Morgan fingerprint density at radius 3 is 2.67 bits per heavy atom. The summed E-state index contributed by atoms with van der Waals surface area (Å²) in [5.74, 6) is 0.452. The molecule has 1 rings (SSSR count). The number of hydrogen-bond acceptors (Lipinski definition) is 2. The molecule has 1 aromatic carbocycles. The fraction of sp³-hybridized carbons (Fsp3) is 0.462. The molecule has 0 unspecified atom stereocenters. The second kappa shape index (κ2) is 7.62. The van der Waals surface area contributed by atoms with E-state index in [1.54, 1.807) is 12.1 Å². The fourth-order valence-electron chi connectivity index (χ4n) is 1.36. The third kappa shape index (κ3) is 5.71. The third-order valence-corrected chi connectivity index (χ3v) is 2.91. The first-order chi connectivity index (χ1) is 8.49. The Labute approximate surface area is 118 Å². The number of nitrogens with one attached hydrogen (secondary N) is 2. The molecular formula is C13H18Cl2N2O. The largest absolute Gasteiger partial charge is 0.355 e. The summed E-state index contributed by atoms with van der Waals surface area (Å²) in [6, 6.07) is 5.33. The zero-order chi connectivity index (χ0) is 13.5. The summed E-state index contributed by atoms with van der Waals surface area (Å²) in [5.41, 5.74) is 0.928. The van der Waals surface area contributed by atoms with Gasteiger partial charge in [-0.15, -0.1) is 0 Å². The van der Waals surface area contributed by atoms with Gasteiger partial charge in [0.1, 0.15) is 0 Å². The van der Waals surface area contributed by atoms with Gasteiger partial charge in [0.15, 0.2) is 0 Å². The van der Waals surface area contributed by atoms with E-state index in [0.29, 0.717) is 29.1 Å². The molecule has 5 heteroatoms. The third-order valence-electron chi connectivity index (χ3n) is 2.32. The second-order valence-electron chi connectivity index (χ2n) is 4.54. The van der Waals surface area contributed by atoms with Gasteiger partial charge in [-0.3, -0.25) is 4.79 Å². The fourth-order valence-corrected chi connectivity index (χ4v) is 1.83. The van der Waals surface area contributed by atoms with Gasteiger partial charge in [-0.05, 0) is 23.6 Å². The van der Waals surface area contributed by atoms with E-state index in [4.69, 9.17) is 23.2 Å². The van der Waals surface area contributed by atoms with Gasteiger partial charge in [0.2, 0.25) is 5.91 Å². The molecule has 18 heavy (non-hydrogen) atoms. The van der Waals surface area contributed by atoms with Gasteiger partial charge in [-0.25, -0.2) is 0 Å². The van der Waals surface area contributed by atoms with E-state index in [-0.39, 0.29) is 12.5 Å². The summed E-state index contributed by atoms with van der Waals surface area (Å²) < 4.78 is 0. The predicted molar refractivity (Wildman–Crippen MR) is 76.0 cm³/mol. The summed E-state index contributed by atoms with van der Waals surface area (Å²) in [7, 11) is 0. The summed E-state index contributed by atoms with van der Waals surface area (Å²) in [5, 5.41) is 7.10. The molecule has 0 spiro atoms. The summed E-state index contributed by atoms with van der Waals surface area (Å²) >= 11 is 11.8. The molecule has 0 aliphatic heterocycles. The van der Waals surface area contributed by atoms with Gasteiger partial charge >= 0.3 is 0 Å². The van der Waals surface area contributed by atoms with Crippen LogP contribution in [0.25, 0.3) is 0 Å². The first kappa shape index (κ1) is 15.3. The van der Waals surface area contributed by atoms with E-state index in [0.717, 1.165) is 5.56 Å². The van der Waals surface area contributed by atoms with Crippen LogP contribution < -0.4 is 10.6 Å². The van der Waals surface area contributed by atoms with Gasteiger partial charge < -0.3 is 10.6 Å². The molecule has 0 aliphatic rings. The standard InChI is InChI=1S/C13H18Cl2N2O/c1-9(2)6-17-13(18)8-16-7-10-3-4-11(14)5-12(10)15/h3-5,9,16H,6-8H2,1-2H3,(H,17,18). The molecule has 0 radical (unpaired) electrons. The molecule has 0 bridgehead atoms. The lowest BCUT2D eigenvalue weighted by Crippen LogP contribution is -2.35. The van der Waals surface area contributed by atoms with Crippen molar-refractivity contribution in [2.45, 2.75) is 20.4 Å². The van der Waals surface area contributed by atoms with Crippen LogP contribution in [-0.4, -0.2) is 19.0 Å². The Hall–Kier alpha value is -0.770. The summed E-state index contributed by atoms with van der Waals surface area (Å²) in [4.78, 5) is 11.4. The zero-order valence-corrected chi connectivity index (χ0v) is 12.1. The number of benzene rings is 1. The molecule has 100 valence electrons. The zero-order valence-electron chi connectivity index (χ0n) is 10.6. The Balaban J connectivity index is 2.31. The highest BCUT2D eigenvalue weighted by Crippen LogP contribution is 2.20. The van der Waals surface area contributed by atoms with E-state index in [1.165, 1.54) is 0 Å². The first-order valence-corrected chi connectivity index (χ1v) is 6.66. The topological polar surface area (TPSA) is 41.1 Å². The molecule has 1 aromatic rings. The van der Waals surface area contributed by atoms with Crippen LogP contribution in [0, 0.1) is 5.92 Å². The van der Waals surface area contributed by atoms with Crippen molar-refractivity contribution in [3.8, 4) is 0 Å². The van der Waals surface area contributed by atoms with Crippen LogP contribution in [-0.2, 0) is 11.3 Å². The van der Waals surface area contributed by atoms with Crippen molar-refractivity contribution < 1.29 is 4.79 Å². The van der Waals surface area contributed by atoms with Gasteiger partial charge in [0.25, 0.3) is 0 Å². The van der Waals surface area contributed by atoms with Gasteiger partial charge in [-0.1, -0.05) is 43.1 Å². The molecule has 3 nitrogen and oxygen atoms in total. The predicted octanol–water partition coefficient (Wildman–Crippen LogP) is 2.86. The minimum atomic E-state index is -0.00575. The van der Waals surface area contributed by atoms with Gasteiger partial charge in [0.05, 0.1) is 6.54 Å². The van der Waals surface area contributed by atoms with Crippen molar-refractivity contribution in [3.05, 3.63) is 33.8 Å². The van der Waals surface area contributed by atoms with Gasteiger partial charge in [0, 0.05) is 23.1 Å². The SMILES string of the molecule is CC(C)CNC(=O)CNCc1ccc(Cl)cc1Cl. The van der Waals surface area contributed by atoms with Crippen molar-refractivity contribution in [2.24, 2.45) is 5.92 Å². The molecule has 0 atom stereocenters. The summed E-state index contributed by atoms with van der Waals surface area (Å²) in [6.45, 7) is 5.64. The van der Waals surface area contributed by atoms with Crippen LogP contribution in [0.15, 0.2) is 18.2 Å². The van der Waals surface area contributed by atoms with E-state index < -0.39 is 0 Å². The Bertz CT molecular complexity index is 408. The van der Waals surface area contributed by atoms with Crippen LogP contribution in [0.5, 0.6) is 0 Å².